The predicted molar refractivity (Wildman–Crippen MR) is 90.9 cm³/mol. The van der Waals surface area contributed by atoms with Crippen LogP contribution in [0.2, 0.25) is 0 Å². The highest BCUT2D eigenvalue weighted by atomic mass is 16.1. The van der Waals surface area contributed by atoms with E-state index in [0.29, 0.717) is 30.0 Å². The maximum absolute atomic E-state index is 12.1. The van der Waals surface area contributed by atoms with Crippen LogP contribution >= 0.6 is 0 Å². The lowest BCUT2D eigenvalue weighted by molar-refractivity contribution is -0.122. The molecule has 23 heavy (non-hydrogen) atoms. The van der Waals surface area contributed by atoms with Gasteiger partial charge in [0, 0.05) is 12.8 Å². The summed E-state index contributed by atoms with van der Waals surface area (Å²) in [4.78, 5) is 24.0. The summed E-state index contributed by atoms with van der Waals surface area (Å²) < 4.78 is 0. The Morgan fingerprint density at radius 2 is 1.87 bits per heavy atom. The fourth-order valence-corrected chi connectivity index (χ4v) is 6.59. The minimum absolute atomic E-state index is 0.0964. The van der Waals surface area contributed by atoms with Crippen molar-refractivity contribution in [2.24, 2.45) is 28.6 Å². The van der Waals surface area contributed by atoms with Crippen molar-refractivity contribution in [3.63, 3.8) is 0 Å². The van der Waals surface area contributed by atoms with Gasteiger partial charge in [-0.25, -0.2) is 0 Å². The van der Waals surface area contributed by atoms with Crippen LogP contribution in [0.4, 0.5) is 0 Å². The number of Topliss-reactive ketones (excluding diaryl/α,β-unsaturated/α-hetero) is 2. The first-order chi connectivity index (χ1) is 10.9. The lowest BCUT2D eigenvalue weighted by Gasteiger charge is -2.57. The predicted octanol–water partition coefficient (Wildman–Crippen LogP) is 4.64. The molecule has 0 aliphatic heterocycles. The van der Waals surface area contributed by atoms with Crippen LogP contribution in [0.1, 0.15) is 65.7 Å². The lowest BCUT2D eigenvalue weighted by atomic mass is 9.47. The topological polar surface area (TPSA) is 34.1 Å². The molecule has 0 aromatic carbocycles. The van der Waals surface area contributed by atoms with Crippen molar-refractivity contribution in [2.75, 3.05) is 0 Å². The molecule has 2 nitrogen and oxygen atoms in total. The van der Waals surface area contributed by atoms with Gasteiger partial charge in [0.05, 0.1) is 0 Å². The first-order valence-corrected chi connectivity index (χ1v) is 9.29. The number of hydrogen-bond acceptors (Lipinski definition) is 2. The van der Waals surface area contributed by atoms with Gasteiger partial charge in [0.2, 0.25) is 0 Å². The molecule has 0 N–H and O–H groups in total. The summed E-state index contributed by atoms with van der Waals surface area (Å²) in [7, 11) is 0. The number of ketones is 2. The minimum Gasteiger partial charge on any atom is -0.299 e. The van der Waals surface area contributed by atoms with Gasteiger partial charge in [-0.15, -0.1) is 0 Å². The highest BCUT2D eigenvalue weighted by Gasteiger charge is 2.57. The first kappa shape index (κ1) is 15.4. The van der Waals surface area contributed by atoms with Crippen LogP contribution in [-0.4, -0.2) is 11.6 Å². The van der Waals surface area contributed by atoms with Gasteiger partial charge in [-0.2, -0.15) is 0 Å². The van der Waals surface area contributed by atoms with Crippen molar-refractivity contribution in [2.45, 2.75) is 65.7 Å². The van der Waals surface area contributed by atoms with Gasteiger partial charge in [-0.3, -0.25) is 9.59 Å². The third kappa shape index (κ3) is 1.99. The van der Waals surface area contributed by atoms with Crippen molar-refractivity contribution in [1.82, 2.24) is 0 Å². The van der Waals surface area contributed by atoms with E-state index in [4.69, 9.17) is 0 Å². The standard InChI is InChI=1S/C21H28O2/c1-13(22)17-6-7-18-16-5-4-14-12-15(23)8-10-20(14,2)19(16)9-11-21(17,18)3/h4,6,16,18-19H,5,7-12H2,1-3H3. The number of hydrogen-bond donors (Lipinski definition) is 0. The molecular weight excluding hydrogens is 284 g/mol. The van der Waals surface area contributed by atoms with Crippen molar-refractivity contribution >= 4 is 11.6 Å². The maximum atomic E-state index is 12.1. The average molecular weight is 312 g/mol. The Kier molecular flexibility index (Phi) is 3.28. The van der Waals surface area contributed by atoms with Crippen LogP contribution in [0.5, 0.6) is 0 Å². The van der Waals surface area contributed by atoms with E-state index in [1.54, 1.807) is 6.92 Å². The van der Waals surface area contributed by atoms with Crippen molar-refractivity contribution in [3.05, 3.63) is 23.3 Å². The minimum atomic E-state index is 0.0964. The second-order valence-corrected chi connectivity index (χ2v) is 8.84. The van der Waals surface area contributed by atoms with Gasteiger partial charge in [-0.1, -0.05) is 31.6 Å². The Morgan fingerprint density at radius 1 is 1.09 bits per heavy atom. The molecule has 0 bridgehead atoms. The van der Waals surface area contributed by atoms with Crippen LogP contribution in [0, 0.1) is 28.6 Å². The van der Waals surface area contributed by atoms with E-state index in [-0.39, 0.29) is 16.6 Å². The summed E-state index contributed by atoms with van der Waals surface area (Å²) in [6.07, 6.45) is 11.7. The van der Waals surface area contributed by atoms with Gasteiger partial charge in [-0.05, 0) is 73.2 Å². The van der Waals surface area contributed by atoms with Crippen LogP contribution < -0.4 is 0 Å². The summed E-state index contributed by atoms with van der Waals surface area (Å²) >= 11 is 0. The zero-order valence-corrected chi connectivity index (χ0v) is 14.7. The maximum Gasteiger partial charge on any atom is 0.156 e. The van der Waals surface area contributed by atoms with Crippen molar-refractivity contribution < 1.29 is 9.59 Å². The van der Waals surface area contributed by atoms with E-state index >= 15 is 0 Å². The molecule has 0 amide bonds. The zero-order valence-electron chi connectivity index (χ0n) is 14.7. The average Bonchev–Trinajstić information content (AvgIpc) is 2.85. The van der Waals surface area contributed by atoms with Crippen LogP contribution in [-0.2, 0) is 9.59 Å². The van der Waals surface area contributed by atoms with Gasteiger partial charge in [0.15, 0.2) is 5.78 Å². The molecule has 0 radical (unpaired) electrons. The number of rotatable bonds is 1. The fourth-order valence-electron chi connectivity index (χ4n) is 6.59. The molecule has 2 heteroatoms. The van der Waals surface area contributed by atoms with Crippen LogP contribution in [0.3, 0.4) is 0 Å². The highest BCUT2D eigenvalue weighted by Crippen LogP contribution is 2.64. The van der Waals surface area contributed by atoms with Gasteiger partial charge >= 0.3 is 0 Å². The fraction of sp³-hybridized carbons (Fsp3) is 0.714. The Morgan fingerprint density at radius 3 is 2.61 bits per heavy atom. The Labute approximate surface area is 139 Å². The van der Waals surface area contributed by atoms with E-state index < -0.39 is 0 Å². The first-order valence-electron chi connectivity index (χ1n) is 9.29. The summed E-state index contributed by atoms with van der Waals surface area (Å²) in [6.45, 7) is 6.48. The second kappa shape index (κ2) is 4.91. The molecule has 4 rings (SSSR count). The molecule has 4 aliphatic rings. The molecule has 0 aromatic rings. The van der Waals surface area contributed by atoms with Crippen molar-refractivity contribution in [1.29, 1.82) is 0 Å². The third-order valence-corrected chi connectivity index (χ3v) is 7.90. The van der Waals surface area contributed by atoms with Gasteiger partial charge in [0.1, 0.15) is 5.78 Å². The number of carbonyl (C=O) groups excluding carboxylic acids is 2. The molecule has 4 aliphatic carbocycles. The lowest BCUT2D eigenvalue weighted by Crippen LogP contribution is -2.50. The molecule has 0 aromatic heterocycles. The van der Waals surface area contributed by atoms with E-state index in [0.717, 1.165) is 37.7 Å². The molecule has 124 valence electrons. The number of carbonyl (C=O) groups is 2. The normalized spacial score (nSPS) is 45.5. The van der Waals surface area contributed by atoms with Gasteiger partial charge in [0.25, 0.3) is 0 Å². The molecule has 0 saturated heterocycles. The smallest absolute Gasteiger partial charge is 0.156 e. The third-order valence-electron chi connectivity index (χ3n) is 7.90. The zero-order chi connectivity index (χ0) is 16.4. The second-order valence-electron chi connectivity index (χ2n) is 8.84. The molecule has 0 heterocycles. The molecule has 5 unspecified atom stereocenters. The van der Waals surface area contributed by atoms with E-state index in [1.165, 1.54) is 12.0 Å². The summed E-state index contributed by atoms with van der Waals surface area (Å²) in [5.74, 6) is 2.70. The molecule has 5 atom stereocenters. The highest BCUT2D eigenvalue weighted by molar-refractivity contribution is 5.95. The van der Waals surface area contributed by atoms with Crippen LogP contribution in [0.25, 0.3) is 0 Å². The quantitative estimate of drug-likeness (QED) is 0.661. The SMILES string of the molecule is CC(=O)C1=CCC2C3CC=C4CC(=O)CCC4(C)C3CCC12C. The molecular formula is C21H28O2. The molecule has 2 saturated carbocycles. The van der Waals surface area contributed by atoms with Gasteiger partial charge < -0.3 is 0 Å². The van der Waals surface area contributed by atoms with Crippen molar-refractivity contribution in [3.8, 4) is 0 Å². The number of allylic oxidation sites excluding steroid dienone is 4. The van der Waals surface area contributed by atoms with E-state index in [2.05, 4.69) is 26.0 Å². The monoisotopic (exact) mass is 312 g/mol. The van der Waals surface area contributed by atoms with Crippen LogP contribution in [0.15, 0.2) is 23.3 Å². The number of fused-ring (bicyclic) bond motifs is 5. The molecule has 0 spiro atoms. The van der Waals surface area contributed by atoms with E-state index in [1.807, 2.05) is 0 Å². The Hall–Kier alpha value is -1.18. The summed E-state index contributed by atoms with van der Waals surface area (Å²) in [6, 6.07) is 0. The molecule has 2 fully saturated rings. The Bertz CT molecular complexity index is 640. The van der Waals surface area contributed by atoms with E-state index in [9.17, 15) is 9.59 Å². The Balaban J connectivity index is 1.68. The summed E-state index contributed by atoms with van der Waals surface area (Å²) in [5.41, 5.74) is 2.85. The largest absolute Gasteiger partial charge is 0.299 e. The summed E-state index contributed by atoms with van der Waals surface area (Å²) in [5, 5.41) is 0.